The molecule has 0 spiro atoms. The fourth-order valence-electron chi connectivity index (χ4n) is 3.39. The van der Waals surface area contributed by atoms with Gasteiger partial charge in [0.2, 0.25) is 0 Å². The second-order valence-electron chi connectivity index (χ2n) is 7.25. The van der Waals surface area contributed by atoms with Crippen molar-refractivity contribution in [2.24, 2.45) is 0 Å². The fourth-order valence-corrected chi connectivity index (χ4v) is 4.80. The van der Waals surface area contributed by atoms with E-state index in [1.54, 1.807) is 6.92 Å². The van der Waals surface area contributed by atoms with Crippen LogP contribution >= 0.6 is 0 Å². The smallest absolute Gasteiger partial charge is 0.338 e. The van der Waals surface area contributed by atoms with Crippen LogP contribution in [-0.4, -0.2) is 45.0 Å². The van der Waals surface area contributed by atoms with E-state index in [0.717, 1.165) is 12.1 Å². The lowest BCUT2D eigenvalue weighted by molar-refractivity contribution is -0.139. The van der Waals surface area contributed by atoms with Crippen molar-refractivity contribution in [1.29, 1.82) is 0 Å². The molecule has 2 aromatic rings. The van der Waals surface area contributed by atoms with Crippen LogP contribution < -0.4 is 15.4 Å². The van der Waals surface area contributed by atoms with Crippen molar-refractivity contribution >= 4 is 21.8 Å². The molecule has 2 aromatic carbocycles. The van der Waals surface area contributed by atoms with Gasteiger partial charge in [-0.15, -0.1) is 0 Å². The highest BCUT2D eigenvalue weighted by molar-refractivity contribution is 7.91. The third-order valence-electron chi connectivity index (χ3n) is 5.01. The number of carbonyl (C=O) groups excluding carboxylic acids is 2. The molecule has 1 atom stereocenters. The molecule has 0 saturated carbocycles. The summed E-state index contributed by atoms with van der Waals surface area (Å²) in [6.07, 6.45) is 0. The molecule has 1 aliphatic rings. The van der Waals surface area contributed by atoms with Crippen molar-refractivity contribution in [1.82, 2.24) is 10.6 Å². The average Bonchev–Trinajstić information content (AvgIpc) is 2.75. The Bertz CT molecular complexity index is 1240. The highest BCUT2D eigenvalue weighted by atomic mass is 32.2. The van der Waals surface area contributed by atoms with Crippen LogP contribution in [0.2, 0.25) is 0 Å². The van der Waals surface area contributed by atoms with E-state index >= 15 is 0 Å². The van der Waals surface area contributed by atoms with E-state index < -0.39 is 39.4 Å². The fraction of sp³-hybridized carbons (Fsp3) is 0.273. The van der Waals surface area contributed by atoms with Crippen LogP contribution in [0.25, 0.3) is 0 Å². The van der Waals surface area contributed by atoms with Crippen LogP contribution in [0.4, 0.5) is 9.18 Å². The van der Waals surface area contributed by atoms with Crippen molar-refractivity contribution < 1.29 is 37.0 Å². The molecule has 33 heavy (non-hydrogen) atoms. The number of nitrogens with one attached hydrogen (secondary N) is 2. The van der Waals surface area contributed by atoms with Crippen LogP contribution in [0, 0.1) is 12.7 Å². The molecule has 0 radical (unpaired) electrons. The Hall–Kier alpha value is -3.60. The summed E-state index contributed by atoms with van der Waals surface area (Å²) >= 11 is 0. The zero-order valence-corrected chi connectivity index (χ0v) is 19.0. The predicted octanol–water partition coefficient (Wildman–Crippen LogP) is 2.49. The lowest BCUT2D eigenvalue weighted by Crippen LogP contribution is -2.47. The topological polar surface area (TPSA) is 131 Å². The van der Waals surface area contributed by atoms with Crippen molar-refractivity contribution in [2.45, 2.75) is 24.8 Å². The van der Waals surface area contributed by atoms with Crippen LogP contribution in [-0.2, 0) is 19.4 Å². The van der Waals surface area contributed by atoms with Crippen LogP contribution in [0.5, 0.6) is 11.5 Å². The van der Waals surface area contributed by atoms with Gasteiger partial charge in [-0.1, -0.05) is 6.07 Å². The third-order valence-corrected chi connectivity index (χ3v) is 6.65. The summed E-state index contributed by atoms with van der Waals surface area (Å²) in [6, 6.07) is 5.72. The molecular weight excluding hydrogens is 455 g/mol. The molecule has 11 heteroatoms. The van der Waals surface area contributed by atoms with E-state index in [0.29, 0.717) is 5.56 Å². The highest BCUT2D eigenvalue weighted by Crippen LogP contribution is 2.34. The lowest BCUT2D eigenvalue weighted by Gasteiger charge is -2.29. The van der Waals surface area contributed by atoms with E-state index in [-0.39, 0.29) is 39.8 Å². The molecule has 9 nitrogen and oxygen atoms in total. The molecule has 176 valence electrons. The molecular formula is C22H23FN2O7S. The first kappa shape index (κ1) is 24.1. The molecule has 0 aliphatic carbocycles. The number of esters is 1. The van der Waals surface area contributed by atoms with Crippen LogP contribution in [0.3, 0.4) is 0 Å². The summed E-state index contributed by atoms with van der Waals surface area (Å²) in [6.45, 7) is 3.03. The maximum atomic E-state index is 13.6. The van der Waals surface area contributed by atoms with E-state index in [1.807, 2.05) is 0 Å². The molecule has 0 bridgehead atoms. The Labute approximate surface area is 190 Å². The van der Waals surface area contributed by atoms with Gasteiger partial charge in [0.15, 0.2) is 21.3 Å². The molecule has 2 amide bonds. The number of aryl methyl sites for hydroxylation is 1. The van der Waals surface area contributed by atoms with E-state index in [4.69, 9.17) is 9.47 Å². The Morgan fingerprint density at radius 2 is 1.94 bits per heavy atom. The lowest BCUT2D eigenvalue weighted by atomic mass is 9.95. The summed E-state index contributed by atoms with van der Waals surface area (Å²) in [5.41, 5.74) is 0.206. The number of hydrogen-bond acceptors (Lipinski definition) is 7. The number of hydrogen-bond donors (Lipinski definition) is 3. The first-order valence-corrected chi connectivity index (χ1v) is 11.6. The molecule has 3 N–H and O–H groups in total. The van der Waals surface area contributed by atoms with E-state index in [2.05, 4.69) is 10.6 Å². The minimum absolute atomic E-state index is 0.0130. The van der Waals surface area contributed by atoms with Crippen LogP contribution in [0.1, 0.15) is 24.1 Å². The Morgan fingerprint density at radius 1 is 1.21 bits per heavy atom. The number of carbonyl (C=O) groups is 2. The Balaban J connectivity index is 2.13. The Morgan fingerprint density at radius 3 is 2.58 bits per heavy atom. The number of methoxy groups -OCH3 is 1. The summed E-state index contributed by atoms with van der Waals surface area (Å²) in [7, 11) is -2.73. The zero-order valence-electron chi connectivity index (χ0n) is 18.1. The number of sulfone groups is 1. The highest BCUT2D eigenvalue weighted by Gasteiger charge is 2.36. The summed E-state index contributed by atoms with van der Waals surface area (Å²) in [5, 5.41) is 14.8. The normalized spacial score (nSPS) is 16.1. The van der Waals surface area contributed by atoms with Gasteiger partial charge < -0.3 is 25.2 Å². The number of benzene rings is 2. The molecule has 0 fully saturated rings. The SMILES string of the molecule is CCOC(=O)C1=C(CS(=O)(=O)c2ccc(F)c(C)c2)NC(=O)NC1c1ccc(O)c(OC)c1. The third kappa shape index (κ3) is 5.08. The second kappa shape index (κ2) is 9.49. The Kier molecular flexibility index (Phi) is 6.92. The molecule has 0 aromatic heterocycles. The number of rotatable bonds is 7. The maximum Gasteiger partial charge on any atom is 0.338 e. The number of ether oxygens (including phenoxy) is 2. The number of amides is 2. The molecule has 1 unspecified atom stereocenters. The van der Waals surface area contributed by atoms with Crippen molar-refractivity contribution in [3.8, 4) is 11.5 Å². The van der Waals surface area contributed by atoms with Gasteiger partial charge in [-0.2, -0.15) is 0 Å². The standard InChI is InChI=1S/C22H23FN2O7S/c1-4-32-21(27)19-16(11-33(29,30)14-6-7-15(23)12(2)9-14)24-22(28)25-20(19)13-5-8-17(26)18(10-13)31-3/h5-10,20,26H,4,11H2,1-3H3,(H2,24,25,28). The molecule has 0 saturated heterocycles. The van der Waals surface area contributed by atoms with Gasteiger partial charge in [0.1, 0.15) is 5.82 Å². The maximum absolute atomic E-state index is 13.6. The molecule has 1 aliphatic heterocycles. The number of aromatic hydroxyl groups is 1. The monoisotopic (exact) mass is 478 g/mol. The minimum atomic E-state index is -4.07. The summed E-state index contributed by atoms with van der Waals surface area (Å²) in [4.78, 5) is 25.1. The zero-order chi connectivity index (χ0) is 24.3. The average molecular weight is 478 g/mol. The number of halogens is 1. The minimum Gasteiger partial charge on any atom is -0.504 e. The summed E-state index contributed by atoms with van der Waals surface area (Å²) in [5.74, 6) is -2.18. The first-order valence-electron chi connectivity index (χ1n) is 9.90. The number of phenols is 1. The van der Waals surface area contributed by atoms with Gasteiger partial charge in [-0.25, -0.2) is 22.4 Å². The van der Waals surface area contributed by atoms with Gasteiger partial charge in [0.25, 0.3) is 0 Å². The van der Waals surface area contributed by atoms with Crippen LogP contribution in [0.15, 0.2) is 52.6 Å². The van der Waals surface area contributed by atoms with E-state index in [1.165, 1.54) is 38.3 Å². The van der Waals surface area contributed by atoms with Gasteiger partial charge in [-0.3, -0.25) is 0 Å². The van der Waals surface area contributed by atoms with Gasteiger partial charge >= 0.3 is 12.0 Å². The quantitative estimate of drug-likeness (QED) is 0.412. The van der Waals surface area contributed by atoms with Crippen molar-refractivity contribution in [2.75, 3.05) is 19.5 Å². The largest absolute Gasteiger partial charge is 0.504 e. The van der Waals surface area contributed by atoms with Gasteiger partial charge in [0.05, 0.1) is 36.0 Å². The summed E-state index contributed by atoms with van der Waals surface area (Å²) < 4.78 is 49.9. The first-order chi connectivity index (χ1) is 15.6. The second-order valence-corrected chi connectivity index (χ2v) is 9.24. The van der Waals surface area contributed by atoms with Gasteiger partial charge in [0, 0.05) is 5.70 Å². The molecule has 3 rings (SSSR count). The number of phenolic OH excluding ortho intramolecular Hbond substituents is 1. The number of urea groups is 1. The molecule has 1 heterocycles. The predicted molar refractivity (Wildman–Crippen MR) is 116 cm³/mol. The van der Waals surface area contributed by atoms with Crippen molar-refractivity contribution in [3.05, 3.63) is 64.6 Å². The van der Waals surface area contributed by atoms with Crippen molar-refractivity contribution in [3.63, 3.8) is 0 Å². The van der Waals surface area contributed by atoms with E-state index in [9.17, 15) is 27.5 Å². The van der Waals surface area contributed by atoms with Gasteiger partial charge in [-0.05, 0) is 55.3 Å².